The molecule has 3 nitrogen and oxygen atoms in total. The fourth-order valence-corrected chi connectivity index (χ4v) is 2.52. The van der Waals surface area contributed by atoms with Crippen molar-refractivity contribution in [3.63, 3.8) is 0 Å². The highest BCUT2D eigenvalue weighted by Gasteiger charge is 2.01. The van der Waals surface area contributed by atoms with Gasteiger partial charge in [-0.25, -0.2) is 0 Å². The molecule has 0 saturated heterocycles. The molecule has 0 spiro atoms. The number of pyridine rings is 1. The summed E-state index contributed by atoms with van der Waals surface area (Å²) in [5.41, 5.74) is 3.38. The molecule has 1 aromatic heterocycles. The van der Waals surface area contributed by atoms with Crippen LogP contribution in [-0.4, -0.2) is 4.98 Å². The van der Waals surface area contributed by atoms with Crippen molar-refractivity contribution in [1.82, 2.24) is 10.3 Å². The first-order chi connectivity index (χ1) is 11.8. The number of nitrogens with zero attached hydrogens (tertiary/aromatic N) is 1. The van der Waals surface area contributed by atoms with Crippen molar-refractivity contribution >= 4 is 11.6 Å². The highest BCUT2D eigenvalue weighted by molar-refractivity contribution is 6.31. The normalized spacial score (nSPS) is 10.5. The van der Waals surface area contributed by atoms with Crippen molar-refractivity contribution in [3.05, 3.63) is 94.8 Å². The molecule has 0 aliphatic rings. The first kappa shape index (κ1) is 16.5. The number of aromatic nitrogens is 1. The van der Waals surface area contributed by atoms with E-state index in [0.29, 0.717) is 6.61 Å². The molecule has 0 unspecified atom stereocenters. The number of ether oxygens (including phenoxy) is 1. The number of halogens is 1. The zero-order valence-corrected chi connectivity index (χ0v) is 14.0. The molecular weight excluding hydrogens is 320 g/mol. The van der Waals surface area contributed by atoms with Gasteiger partial charge in [-0.05, 0) is 35.4 Å². The Hall–Kier alpha value is -2.36. The van der Waals surface area contributed by atoms with Gasteiger partial charge in [0, 0.05) is 36.1 Å². The number of hydrogen-bond acceptors (Lipinski definition) is 3. The lowest BCUT2D eigenvalue weighted by molar-refractivity contribution is 0.306. The molecule has 24 heavy (non-hydrogen) atoms. The maximum atomic E-state index is 6.13. The van der Waals surface area contributed by atoms with Crippen LogP contribution in [0.4, 0.5) is 0 Å². The number of nitrogens with one attached hydrogen (secondary N) is 1. The molecule has 1 heterocycles. The Morgan fingerprint density at radius 2 is 1.67 bits per heavy atom. The summed E-state index contributed by atoms with van der Waals surface area (Å²) in [4.78, 5) is 4.11. The van der Waals surface area contributed by atoms with Gasteiger partial charge in [-0.15, -0.1) is 0 Å². The number of benzene rings is 2. The molecule has 0 atom stereocenters. The van der Waals surface area contributed by atoms with Crippen molar-refractivity contribution < 1.29 is 4.74 Å². The molecule has 0 aliphatic heterocycles. The average molecular weight is 339 g/mol. The van der Waals surface area contributed by atoms with Gasteiger partial charge >= 0.3 is 0 Å². The Morgan fingerprint density at radius 3 is 2.42 bits per heavy atom. The number of hydrogen-bond donors (Lipinski definition) is 1. The largest absolute Gasteiger partial charge is 0.489 e. The predicted octanol–water partition coefficient (Wildman–Crippen LogP) is 4.60. The molecule has 4 heteroatoms. The zero-order valence-electron chi connectivity index (χ0n) is 13.3. The van der Waals surface area contributed by atoms with E-state index in [4.69, 9.17) is 16.3 Å². The van der Waals surface area contributed by atoms with E-state index in [2.05, 4.69) is 28.5 Å². The molecule has 0 fully saturated rings. The summed E-state index contributed by atoms with van der Waals surface area (Å²) in [6.07, 6.45) is 3.66. The Bertz CT molecular complexity index is 760. The van der Waals surface area contributed by atoms with E-state index in [1.807, 2.05) is 48.7 Å². The third-order valence-electron chi connectivity index (χ3n) is 3.66. The highest BCUT2D eigenvalue weighted by Crippen LogP contribution is 2.19. The minimum atomic E-state index is 0.471. The molecule has 0 radical (unpaired) electrons. The summed E-state index contributed by atoms with van der Waals surface area (Å²) in [6, 6.07) is 19.8. The van der Waals surface area contributed by atoms with Gasteiger partial charge in [-0.3, -0.25) is 4.98 Å². The predicted molar refractivity (Wildman–Crippen MR) is 97.0 cm³/mol. The minimum absolute atomic E-state index is 0.471. The molecule has 0 amide bonds. The number of rotatable bonds is 7. The quantitative estimate of drug-likeness (QED) is 0.683. The molecule has 3 aromatic rings. The van der Waals surface area contributed by atoms with Crippen LogP contribution in [0, 0.1) is 0 Å². The van der Waals surface area contributed by atoms with Gasteiger partial charge in [0.2, 0.25) is 0 Å². The van der Waals surface area contributed by atoms with Crippen molar-refractivity contribution in [1.29, 1.82) is 0 Å². The Balaban J connectivity index is 1.47. The van der Waals surface area contributed by atoms with Crippen LogP contribution in [0.15, 0.2) is 73.1 Å². The first-order valence-electron chi connectivity index (χ1n) is 7.86. The fraction of sp³-hybridized carbons (Fsp3) is 0.150. The maximum Gasteiger partial charge on any atom is 0.119 e. The molecule has 0 aliphatic carbocycles. The van der Waals surface area contributed by atoms with E-state index in [1.165, 1.54) is 11.1 Å². The van der Waals surface area contributed by atoms with Crippen molar-refractivity contribution in [2.45, 2.75) is 19.7 Å². The molecule has 0 saturated carbocycles. The molecule has 2 aromatic carbocycles. The van der Waals surface area contributed by atoms with Crippen LogP contribution < -0.4 is 10.1 Å². The van der Waals surface area contributed by atoms with Crippen molar-refractivity contribution in [2.75, 3.05) is 0 Å². The van der Waals surface area contributed by atoms with Crippen LogP contribution in [0.1, 0.15) is 16.7 Å². The SMILES string of the molecule is Clc1ccccc1COc1ccc(CNCc2cccnc2)cc1. The lowest BCUT2D eigenvalue weighted by atomic mass is 10.2. The molecule has 0 bridgehead atoms. The van der Waals surface area contributed by atoms with Gasteiger partial charge in [0.15, 0.2) is 0 Å². The van der Waals surface area contributed by atoms with Crippen LogP contribution in [0.5, 0.6) is 5.75 Å². The average Bonchev–Trinajstić information content (AvgIpc) is 2.63. The topological polar surface area (TPSA) is 34.1 Å². The minimum Gasteiger partial charge on any atom is -0.489 e. The van der Waals surface area contributed by atoms with E-state index in [0.717, 1.165) is 29.4 Å². The van der Waals surface area contributed by atoms with Gasteiger partial charge in [0.25, 0.3) is 0 Å². The van der Waals surface area contributed by atoms with E-state index >= 15 is 0 Å². The molecule has 3 rings (SSSR count). The summed E-state index contributed by atoms with van der Waals surface area (Å²) in [5, 5.41) is 4.13. The standard InChI is InChI=1S/C20H19ClN2O/c21-20-6-2-1-5-18(20)15-24-19-9-7-16(8-10-19)12-23-14-17-4-3-11-22-13-17/h1-11,13,23H,12,14-15H2. The molecule has 122 valence electrons. The first-order valence-corrected chi connectivity index (χ1v) is 8.24. The summed E-state index contributed by atoms with van der Waals surface area (Å²) < 4.78 is 5.79. The lowest BCUT2D eigenvalue weighted by Crippen LogP contribution is -2.12. The van der Waals surface area contributed by atoms with Crippen LogP contribution in [-0.2, 0) is 19.7 Å². The monoisotopic (exact) mass is 338 g/mol. The van der Waals surface area contributed by atoms with Gasteiger partial charge in [0.05, 0.1) is 0 Å². The third kappa shape index (κ3) is 4.82. The zero-order chi connectivity index (χ0) is 16.6. The Kier molecular flexibility index (Phi) is 5.83. The second kappa shape index (κ2) is 8.48. The van der Waals surface area contributed by atoms with Crippen LogP contribution in [0.3, 0.4) is 0 Å². The van der Waals surface area contributed by atoms with Gasteiger partial charge in [-0.2, -0.15) is 0 Å². The lowest BCUT2D eigenvalue weighted by Gasteiger charge is -2.09. The molecule has 1 N–H and O–H groups in total. The van der Waals surface area contributed by atoms with E-state index in [9.17, 15) is 0 Å². The van der Waals surface area contributed by atoms with E-state index < -0.39 is 0 Å². The van der Waals surface area contributed by atoms with Crippen LogP contribution in [0.2, 0.25) is 5.02 Å². The fourth-order valence-electron chi connectivity index (χ4n) is 2.33. The molecular formula is C20H19ClN2O. The Labute approximate surface area is 147 Å². The second-order valence-electron chi connectivity index (χ2n) is 5.49. The maximum absolute atomic E-state index is 6.13. The van der Waals surface area contributed by atoms with Gasteiger partial charge < -0.3 is 10.1 Å². The summed E-state index contributed by atoms with van der Waals surface area (Å²) in [5.74, 6) is 0.839. The van der Waals surface area contributed by atoms with Gasteiger partial charge in [-0.1, -0.05) is 48.0 Å². The third-order valence-corrected chi connectivity index (χ3v) is 4.03. The summed E-state index contributed by atoms with van der Waals surface area (Å²) in [6.45, 7) is 2.08. The van der Waals surface area contributed by atoms with E-state index in [1.54, 1.807) is 6.20 Å². The second-order valence-corrected chi connectivity index (χ2v) is 5.90. The van der Waals surface area contributed by atoms with Gasteiger partial charge in [0.1, 0.15) is 12.4 Å². The van der Waals surface area contributed by atoms with Crippen LogP contribution >= 0.6 is 11.6 Å². The van der Waals surface area contributed by atoms with Crippen molar-refractivity contribution in [2.24, 2.45) is 0 Å². The smallest absolute Gasteiger partial charge is 0.119 e. The van der Waals surface area contributed by atoms with Crippen LogP contribution in [0.25, 0.3) is 0 Å². The van der Waals surface area contributed by atoms with E-state index in [-0.39, 0.29) is 0 Å². The summed E-state index contributed by atoms with van der Waals surface area (Å²) >= 11 is 6.13. The Morgan fingerprint density at radius 1 is 0.875 bits per heavy atom. The summed E-state index contributed by atoms with van der Waals surface area (Å²) in [7, 11) is 0. The highest BCUT2D eigenvalue weighted by atomic mass is 35.5. The van der Waals surface area contributed by atoms with Crippen molar-refractivity contribution in [3.8, 4) is 5.75 Å².